The van der Waals surface area contributed by atoms with E-state index in [2.05, 4.69) is 17.2 Å². The SMILES string of the molecule is C[C@H](NCC(O)COC1CCCCC1)c1cccnc1. The maximum atomic E-state index is 9.97. The fraction of sp³-hybridized carbons (Fsp3) is 0.688. The van der Waals surface area contributed by atoms with E-state index >= 15 is 0 Å². The first kappa shape index (κ1) is 15.4. The van der Waals surface area contributed by atoms with E-state index in [0.29, 0.717) is 19.3 Å². The lowest BCUT2D eigenvalue weighted by molar-refractivity contribution is -0.0235. The summed E-state index contributed by atoms with van der Waals surface area (Å²) >= 11 is 0. The molecular formula is C16H26N2O2. The van der Waals surface area contributed by atoms with Crippen molar-refractivity contribution in [3.63, 3.8) is 0 Å². The Hall–Kier alpha value is -0.970. The lowest BCUT2D eigenvalue weighted by atomic mass is 9.98. The largest absolute Gasteiger partial charge is 0.389 e. The van der Waals surface area contributed by atoms with Crippen LogP contribution in [0.2, 0.25) is 0 Å². The van der Waals surface area contributed by atoms with Gasteiger partial charge >= 0.3 is 0 Å². The molecule has 0 saturated heterocycles. The van der Waals surface area contributed by atoms with Crippen LogP contribution in [0.5, 0.6) is 0 Å². The van der Waals surface area contributed by atoms with Gasteiger partial charge in [-0.05, 0) is 31.4 Å². The lowest BCUT2D eigenvalue weighted by Crippen LogP contribution is -2.33. The average Bonchev–Trinajstić information content (AvgIpc) is 2.52. The molecule has 2 atom stereocenters. The van der Waals surface area contributed by atoms with Gasteiger partial charge in [0.05, 0.1) is 18.8 Å². The van der Waals surface area contributed by atoms with Gasteiger partial charge in [0.1, 0.15) is 0 Å². The molecule has 1 aliphatic carbocycles. The zero-order valence-electron chi connectivity index (χ0n) is 12.3. The van der Waals surface area contributed by atoms with Crippen molar-refractivity contribution in [3.8, 4) is 0 Å². The van der Waals surface area contributed by atoms with E-state index in [0.717, 1.165) is 18.4 Å². The first-order valence-electron chi connectivity index (χ1n) is 7.68. The van der Waals surface area contributed by atoms with Crippen LogP contribution < -0.4 is 5.32 Å². The Balaban J connectivity index is 1.63. The molecule has 0 amide bonds. The average molecular weight is 278 g/mol. The summed E-state index contributed by atoms with van der Waals surface area (Å²) in [5.74, 6) is 0. The highest BCUT2D eigenvalue weighted by Gasteiger charge is 2.16. The predicted octanol–water partition coefficient (Wildman–Crippen LogP) is 2.44. The third-order valence-corrected chi connectivity index (χ3v) is 3.92. The summed E-state index contributed by atoms with van der Waals surface area (Å²) in [7, 11) is 0. The van der Waals surface area contributed by atoms with E-state index < -0.39 is 6.10 Å². The fourth-order valence-electron chi connectivity index (χ4n) is 2.60. The summed E-state index contributed by atoms with van der Waals surface area (Å²) in [5.41, 5.74) is 1.13. The quantitative estimate of drug-likeness (QED) is 0.804. The molecule has 1 fully saturated rings. The number of nitrogens with one attached hydrogen (secondary N) is 1. The van der Waals surface area contributed by atoms with Gasteiger partial charge in [0.25, 0.3) is 0 Å². The second kappa shape index (κ2) is 8.35. The van der Waals surface area contributed by atoms with Crippen LogP contribution in [-0.4, -0.2) is 35.5 Å². The van der Waals surface area contributed by atoms with Crippen molar-refractivity contribution in [1.82, 2.24) is 10.3 Å². The fourth-order valence-corrected chi connectivity index (χ4v) is 2.60. The molecule has 1 aromatic heterocycles. The van der Waals surface area contributed by atoms with Gasteiger partial charge in [-0.3, -0.25) is 4.98 Å². The first-order valence-corrected chi connectivity index (χ1v) is 7.68. The number of pyridine rings is 1. The Morgan fingerprint density at radius 2 is 2.20 bits per heavy atom. The standard InChI is InChI=1S/C16H26N2O2/c1-13(14-6-5-9-17-10-14)18-11-15(19)12-20-16-7-3-2-4-8-16/h5-6,9-10,13,15-16,18-19H,2-4,7-8,11-12H2,1H3/t13-,15?/m0/s1. The maximum absolute atomic E-state index is 9.97. The van der Waals surface area contributed by atoms with Gasteiger partial charge in [0.2, 0.25) is 0 Å². The molecule has 0 aliphatic heterocycles. The number of nitrogens with zero attached hydrogens (tertiary/aromatic N) is 1. The van der Waals surface area contributed by atoms with Crippen LogP contribution in [0.3, 0.4) is 0 Å². The lowest BCUT2D eigenvalue weighted by Gasteiger charge is -2.24. The van der Waals surface area contributed by atoms with Crippen molar-refractivity contribution in [1.29, 1.82) is 0 Å². The summed E-state index contributed by atoms with van der Waals surface area (Å²) in [6.07, 6.45) is 9.66. The molecular weight excluding hydrogens is 252 g/mol. The molecule has 2 N–H and O–H groups in total. The van der Waals surface area contributed by atoms with Crippen LogP contribution in [0.1, 0.15) is 50.6 Å². The number of aliphatic hydroxyl groups excluding tert-OH is 1. The molecule has 2 rings (SSSR count). The van der Waals surface area contributed by atoms with Gasteiger partial charge in [-0.1, -0.05) is 25.3 Å². The summed E-state index contributed by atoms with van der Waals surface area (Å²) in [6.45, 7) is 3.05. The van der Waals surface area contributed by atoms with Crippen LogP contribution in [-0.2, 0) is 4.74 Å². The minimum absolute atomic E-state index is 0.188. The number of hydrogen-bond acceptors (Lipinski definition) is 4. The summed E-state index contributed by atoms with van der Waals surface area (Å²) < 4.78 is 5.78. The molecule has 1 aliphatic rings. The van der Waals surface area contributed by atoms with Crippen LogP contribution in [0.4, 0.5) is 0 Å². The van der Waals surface area contributed by atoms with Gasteiger partial charge < -0.3 is 15.2 Å². The molecule has 112 valence electrons. The molecule has 4 nitrogen and oxygen atoms in total. The Labute approximate surface area is 121 Å². The normalized spacial score (nSPS) is 19.7. The zero-order valence-corrected chi connectivity index (χ0v) is 12.3. The van der Waals surface area contributed by atoms with Gasteiger partial charge in [0.15, 0.2) is 0 Å². The van der Waals surface area contributed by atoms with Crippen molar-refractivity contribution in [3.05, 3.63) is 30.1 Å². The van der Waals surface area contributed by atoms with Crippen molar-refractivity contribution < 1.29 is 9.84 Å². The molecule has 1 heterocycles. The van der Waals surface area contributed by atoms with Crippen LogP contribution >= 0.6 is 0 Å². The maximum Gasteiger partial charge on any atom is 0.0898 e. The van der Waals surface area contributed by atoms with Crippen molar-refractivity contribution in [2.45, 2.75) is 57.3 Å². The van der Waals surface area contributed by atoms with Gasteiger partial charge in [-0.25, -0.2) is 0 Å². The van der Waals surface area contributed by atoms with E-state index in [1.54, 1.807) is 6.20 Å². The number of aliphatic hydroxyl groups is 1. The van der Waals surface area contributed by atoms with Crippen LogP contribution in [0.15, 0.2) is 24.5 Å². The Morgan fingerprint density at radius 3 is 2.90 bits per heavy atom. The molecule has 1 saturated carbocycles. The highest BCUT2D eigenvalue weighted by molar-refractivity contribution is 5.12. The minimum atomic E-state index is -0.448. The molecule has 0 spiro atoms. The van der Waals surface area contributed by atoms with E-state index in [-0.39, 0.29) is 6.04 Å². The molecule has 20 heavy (non-hydrogen) atoms. The third kappa shape index (κ3) is 5.19. The van der Waals surface area contributed by atoms with Gasteiger partial charge in [-0.2, -0.15) is 0 Å². The predicted molar refractivity (Wildman–Crippen MR) is 79.5 cm³/mol. The Morgan fingerprint density at radius 1 is 1.40 bits per heavy atom. The number of rotatable bonds is 7. The Bertz CT molecular complexity index is 366. The van der Waals surface area contributed by atoms with E-state index in [4.69, 9.17) is 4.74 Å². The number of ether oxygens (including phenoxy) is 1. The second-order valence-electron chi connectivity index (χ2n) is 5.66. The molecule has 1 unspecified atom stereocenters. The van der Waals surface area contributed by atoms with E-state index in [1.807, 2.05) is 18.3 Å². The first-order chi connectivity index (χ1) is 9.75. The highest BCUT2D eigenvalue weighted by atomic mass is 16.5. The third-order valence-electron chi connectivity index (χ3n) is 3.92. The van der Waals surface area contributed by atoms with Crippen LogP contribution in [0, 0.1) is 0 Å². The summed E-state index contributed by atoms with van der Waals surface area (Å²) in [4.78, 5) is 4.10. The molecule has 0 bridgehead atoms. The van der Waals surface area contributed by atoms with Gasteiger partial charge in [0, 0.05) is 25.0 Å². The summed E-state index contributed by atoms with van der Waals surface area (Å²) in [6, 6.07) is 4.15. The topological polar surface area (TPSA) is 54.4 Å². The van der Waals surface area contributed by atoms with Crippen LogP contribution in [0.25, 0.3) is 0 Å². The van der Waals surface area contributed by atoms with Crippen molar-refractivity contribution in [2.24, 2.45) is 0 Å². The molecule has 0 aromatic carbocycles. The zero-order chi connectivity index (χ0) is 14.2. The monoisotopic (exact) mass is 278 g/mol. The smallest absolute Gasteiger partial charge is 0.0898 e. The second-order valence-corrected chi connectivity index (χ2v) is 5.66. The van der Waals surface area contributed by atoms with E-state index in [9.17, 15) is 5.11 Å². The number of aromatic nitrogens is 1. The molecule has 1 aromatic rings. The summed E-state index contributed by atoms with van der Waals surface area (Å²) in [5, 5.41) is 13.3. The van der Waals surface area contributed by atoms with Gasteiger partial charge in [-0.15, -0.1) is 0 Å². The van der Waals surface area contributed by atoms with E-state index in [1.165, 1.54) is 19.3 Å². The molecule has 0 radical (unpaired) electrons. The minimum Gasteiger partial charge on any atom is -0.389 e. The van der Waals surface area contributed by atoms with Crippen molar-refractivity contribution in [2.75, 3.05) is 13.2 Å². The van der Waals surface area contributed by atoms with Crippen molar-refractivity contribution >= 4 is 0 Å². The number of hydrogen-bond donors (Lipinski definition) is 2. The molecule has 4 heteroatoms. The highest BCUT2D eigenvalue weighted by Crippen LogP contribution is 2.20. The Kier molecular flexibility index (Phi) is 6.43.